The van der Waals surface area contributed by atoms with Crippen LogP contribution in [0.1, 0.15) is 51.4 Å². The maximum Gasteiger partial charge on any atom is 0.0771 e. The summed E-state index contributed by atoms with van der Waals surface area (Å²) in [6, 6.07) is 0.218. The third-order valence-corrected chi connectivity index (χ3v) is 3.96. The zero-order valence-electron chi connectivity index (χ0n) is 9.41. The van der Waals surface area contributed by atoms with Crippen LogP contribution in [0.5, 0.6) is 0 Å². The van der Waals surface area contributed by atoms with E-state index in [9.17, 15) is 10.2 Å². The molecule has 2 aliphatic carbocycles. The molecule has 0 bridgehead atoms. The minimum atomic E-state index is -0.499. The van der Waals surface area contributed by atoms with Crippen LogP contribution < -0.4 is 5.32 Å². The average Bonchev–Trinajstić information content (AvgIpc) is 2.62. The van der Waals surface area contributed by atoms with Gasteiger partial charge in [0.2, 0.25) is 0 Å². The molecule has 0 aliphatic heterocycles. The summed E-state index contributed by atoms with van der Waals surface area (Å²) in [6.07, 6.45) is 8.26. The summed E-state index contributed by atoms with van der Waals surface area (Å²) in [5, 5.41) is 23.3. The molecular formula is C12H23NO2. The zero-order chi connectivity index (χ0) is 10.7. The topological polar surface area (TPSA) is 52.5 Å². The molecule has 0 spiro atoms. The van der Waals surface area contributed by atoms with E-state index in [2.05, 4.69) is 5.32 Å². The van der Waals surface area contributed by atoms with E-state index in [-0.39, 0.29) is 12.1 Å². The van der Waals surface area contributed by atoms with Crippen LogP contribution in [0.4, 0.5) is 0 Å². The quantitative estimate of drug-likeness (QED) is 0.660. The second-order valence-corrected chi connectivity index (χ2v) is 5.27. The lowest BCUT2D eigenvalue weighted by molar-refractivity contribution is -0.000896. The highest BCUT2D eigenvalue weighted by molar-refractivity contribution is 4.89. The lowest BCUT2D eigenvalue weighted by Gasteiger charge is -2.33. The van der Waals surface area contributed by atoms with Gasteiger partial charge in [0.05, 0.1) is 11.7 Å². The Hall–Kier alpha value is -0.120. The molecule has 2 rings (SSSR count). The van der Waals surface area contributed by atoms with Crippen molar-refractivity contribution in [1.82, 2.24) is 5.32 Å². The predicted molar refractivity (Wildman–Crippen MR) is 59.7 cm³/mol. The van der Waals surface area contributed by atoms with Gasteiger partial charge in [0.25, 0.3) is 0 Å². The van der Waals surface area contributed by atoms with Gasteiger partial charge in [0.1, 0.15) is 0 Å². The van der Waals surface area contributed by atoms with Gasteiger partial charge in [-0.3, -0.25) is 0 Å². The van der Waals surface area contributed by atoms with Crippen molar-refractivity contribution in [2.45, 2.75) is 69.1 Å². The van der Waals surface area contributed by atoms with Crippen molar-refractivity contribution >= 4 is 0 Å². The molecule has 2 atom stereocenters. The van der Waals surface area contributed by atoms with Gasteiger partial charge in [-0.1, -0.05) is 19.3 Å². The second-order valence-electron chi connectivity index (χ2n) is 5.27. The lowest BCUT2D eigenvalue weighted by atomic mass is 9.84. The normalized spacial score (nSPS) is 35.6. The number of rotatable bonds is 3. The van der Waals surface area contributed by atoms with Crippen LogP contribution in [0.25, 0.3) is 0 Å². The van der Waals surface area contributed by atoms with Crippen molar-refractivity contribution < 1.29 is 10.2 Å². The van der Waals surface area contributed by atoms with E-state index in [1.54, 1.807) is 0 Å². The Morgan fingerprint density at radius 1 is 1.07 bits per heavy atom. The molecule has 3 nitrogen and oxygen atoms in total. The number of nitrogens with one attached hydrogen (secondary N) is 1. The molecule has 3 heteroatoms. The highest BCUT2D eigenvalue weighted by Crippen LogP contribution is 2.28. The Labute approximate surface area is 91.9 Å². The first-order valence-corrected chi connectivity index (χ1v) is 6.33. The first-order chi connectivity index (χ1) is 7.20. The number of hydrogen-bond acceptors (Lipinski definition) is 3. The maximum atomic E-state index is 10.3. The van der Waals surface area contributed by atoms with E-state index in [1.165, 1.54) is 6.42 Å². The first kappa shape index (κ1) is 11.4. The van der Waals surface area contributed by atoms with Crippen molar-refractivity contribution in [2.75, 3.05) is 6.54 Å². The SMILES string of the molecule is O[C@@H]1CCC[C@H]1NCC1(O)CCCCC1. The Balaban J connectivity index is 1.76. The molecule has 88 valence electrons. The summed E-state index contributed by atoms with van der Waals surface area (Å²) in [5.74, 6) is 0. The third kappa shape index (κ3) is 2.92. The van der Waals surface area contributed by atoms with Gasteiger partial charge in [0.15, 0.2) is 0 Å². The van der Waals surface area contributed by atoms with E-state index in [0.29, 0.717) is 6.54 Å². The number of aliphatic hydroxyl groups is 2. The summed E-state index contributed by atoms with van der Waals surface area (Å²) in [5.41, 5.74) is -0.499. The van der Waals surface area contributed by atoms with Gasteiger partial charge in [-0.25, -0.2) is 0 Å². The fourth-order valence-corrected chi connectivity index (χ4v) is 2.89. The summed E-state index contributed by atoms with van der Waals surface area (Å²) >= 11 is 0. The monoisotopic (exact) mass is 213 g/mol. The fourth-order valence-electron chi connectivity index (χ4n) is 2.89. The summed E-state index contributed by atoms with van der Waals surface area (Å²) in [4.78, 5) is 0. The van der Waals surface area contributed by atoms with Gasteiger partial charge in [-0.15, -0.1) is 0 Å². The molecule has 0 radical (unpaired) electrons. The van der Waals surface area contributed by atoms with Crippen LogP contribution in [0.2, 0.25) is 0 Å². The summed E-state index contributed by atoms with van der Waals surface area (Å²) in [7, 11) is 0. The molecule has 0 saturated heterocycles. The van der Waals surface area contributed by atoms with Gasteiger partial charge < -0.3 is 15.5 Å². The van der Waals surface area contributed by atoms with Crippen molar-refractivity contribution in [3.8, 4) is 0 Å². The Kier molecular flexibility index (Phi) is 3.65. The summed E-state index contributed by atoms with van der Waals surface area (Å²) in [6.45, 7) is 0.661. The molecule has 2 saturated carbocycles. The highest BCUT2D eigenvalue weighted by Gasteiger charge is 2.32. The van der Waals surface area contributed by atoms with Crippen LogP contribution >= 0.6 is 0 Å². The van der Waals surface area contributed by atoms with Gasteiger partial charge in [-0.2, -0.15) is 0 Å². The Morgan fingerprint density at radius 2 is 1.80 bits per heavy atom. The second kappa shape index (κ2) is 4.81. The molecule has 0 aromatic carbocycles. The van der Waals surface area contributed by atoms with Crippen molar-refractivity contribution in [1.29, 1.82) is 0 Å². The lowest BCUT2D eigenvalue weighted by Crippen LogP contribution is -2.47. The maximum absolute atomic E-state index is 10.3. The molecule has 3 N–H and O–H groups in total. The van der Waals surface area contributed by atoms with Crippen molar-refractivity contribution in [3.05, 3.63) is 0 Å². The molecule has 15 heavy (non-hydrogen) atoms. The van der Waals surface area contributed by atoms with E-state index in [4.69, 9.17) is 0 Å². The molecular weight excluding hydrogens is 190 g/mol. The minimum Gasteiger partial charge on any atom is -0.392 e. The minimum absolute atomic E-state index is 0.197. The van der Waals surface area contributed by atoms with Crippen molar-refractivity contribution in [2.24, 2.45) is 0 Å². The zero-order valence-corrected chi connectivity index (χ0v) is 9.41. The van der Waals surface area contributed by atoms with E-state index < -0.39 is 5.60 Å². The van der Waals surface area contributed by atoms with Gasteiger partial charge >= 0.3 is 0 Å². The first-order valence-electron chi connectivity index (χ1n) is 6.33. The van der Waals surface area contributed by atoms with Crippen LogP contribution in [-0.2, 0) is 0 Å². The highest BCUT2D eigenvalue weighted by atomic mass is 16.3. The Bertz CT molecular complexity index is 202. The van der Waals surface area contributed by atoms with Crippen LogP contribution in [0, 0.1) is 0 Å². The number of aliphatic hydroxyl groups excluding tert-OH is 1. The average molecular weight is 213 g/mol. The van der Waals surface area contributed by atoms with Crippen LogP contribution in [-0.4, -0.2) is 34.5 Å². The van der Waals surface area contributed by atoms with Gasteiger partial charge in [-0.05, 0) is 32.1 Å². The van der Waals surface area contributed by atoms with Crippen molar-refractivity contribution in [3.63, 3.8) is 0 Å². The fraction of sp³-hybridized carbons (Fsp3) is 1.00. The van der Waals surface area contributed by atoms with Crippen LogP contribution in [0.15, 0.2) is 0 Å². The van der Waals surface area contributed by atoms with E-state index in [0.717, 1.165) is 44.9 Å². The van der Waals surface area contributed by atoms with Crippen LogP contribution in [0.3, 0.4) is 0 Å². The summed E-state index contributed by atoms with van der Waals surface area (Å²) < 4.78 is 0. The predicted octanol–water partition coefficient (Wildman–Crippen LogP) is 1.18. The molecule has 0 unspecified atom stereocenters. The third-order valence-electron chi connectivity index (χ3n) is 3.96. The largest absolute Gasteiger partial charge is 0.392 e. The molecule has 0 amide bonds. The molecule has 0 aromatic heterocycles. The molecule has 0 heterocycles. The number of hydrogen-bond donors (Lipinski definition) is 3. The Morgan fingerprint density at radius 3 is 2.40 bits per heavy atom. The van der Waals surface area contributed by atoms with E-state index >= 15 is 0 Å². The smallest absolute Gasteiger partial charge is 0.0771 e. The standard InChI is InChI=1S/C12H23NO2/c14-11-6-4-5-10(11)13-9-12(15)7-2-1-3-8-12/h10-11,13-15H,1-9H2/t10-,11-/m1/s1. The molecule has 0 aromatic rings. The van der Waals surface area contributed by atoms with Gasteiger partial charge in [0, 0.05) is 12.6 Å². The molecule has 2 aliphatic rings. The molecule has 2 fully saturated rings. The van der Waals surface area contributed by atoms with E-state index in [1.807, 2.05) is 0 Å².